The number of ether oxygens (including phenoxy) is 1. The molecule has 0 unspecified atom stereocenters. The van der Waals surface area contributed by atoms with Gasteiger partial charge in [-0.1, -0.05) is 0 Å². The molecule has 5 nitrogen and oxygen atoms in total. The molecule has 2 rings (SSSR count). The second-order valence-electron chi connectivity index (χ2n) is 4.28. The van der Waals surface area contributed by atoms with Crippen molar-refractivity contribution in [2.24, 2.45) is 4.99 Å². The molecule has 1 aliphatic heterocycles. The fourth-order valence-corrected chi connectivity index (χ4v) is 2.03. The lowest BCUT2D eigenvalue weighted by Crippen LogP contribution is -2.25. The van der Waals surface area contributed by atoms with Gasteiger partial charge in [0.15, 0.2) is 0 Å². The second kappa shape index (κ2) is 6.98. The van der Waals surface area contributed by atoms with Gasteiger partial charge in [0.25, 0.3) is 0 Å². The van der Waals surface area contributed by atoms with Gasteiger partial charge in [0.05, 0.1) is 5.69 Å². The van der Waals surface area contributed by atoms with E-state index in [0.717, 1.165) is 24.6 Å². The summed E-state index contributed by atoms with van der Waals surface area (Å²) < 4.78 is 5.67. The van der Waals surface area contributed by atoms with E-state index in [9.17, 15) is 0 Å². The highest BCUT2D eigenvalue weighted by Crippen LogP contribution is 2.17. The van der Waals surface area contributed by atoms with E-state index < -0.39 is 0 Å². The molecule has 0 radical (unpaired) electrons. The minimum absolute atomic E-state index is 0.723. The molecule has 1 aliphatic rings. The smallest absolute Gasteiger partial charge is 0.119 e. The van der Waals surface area contributed by atoms with Crippen LogP contribution >= 0.6 is 0 Å². The highest BCUT2D eigenvalue weighted by Gasteiger charge is 2.10. The normalized spacial score (nSPS) is 16.3. The zero-order valence-corrected chi connectivity index (χ0v) is 10.4. The molecule has 5 heteroatoms. The lowest BCUT2D eigenvalue weighted by molar-refractivity contribution is 0.238. The summed E-state index contributed by atoms with van der Waals surface area (Å²) in [5.41, 5.74) is 2.63. The summed E-state index contributed by atoms with van der Waals surface area (Å²) in [4.78, 5) is 6.38. The first-order valence-electron chi connectivity index (χ1n) is 6.26. The van der Waals surface area contributed by atoms with Crippen LogP contribution in [0.4, 0.5) is 5.69 Å². The van der Waals surface area contributed by atoms with Crippen molar-refractivity contribution in [3.8, 4) is 5.75 Å². The second-order valence-corrected chi connectivity index (χ2v) is 4.28. The summed E-state index contributed by atoms with van der Waals surface area (Å²) in [5.74, 6) is 0.852. The lowest BCUT2D eigenvalue weighted by Gasteiger charge is -2.14. The Hall–Kier alpha value is -1.59. The Labute approximate surface area is 107 Å². The molecule has 2 N–H and O–H groups in total. The fraction of sp³-hybridized carbons (Fsp3) is 0.462. The number of rotatable bonds is 6. The van der Waals surface area contributed by atoms with E-state index in [1.807, 2.05) is 29.7 Å². The fourth-order valence-electron chi connectivity index (χ4n) is 2.03. The van der Waals surface area contributed by atoms with Gasteiger partial charge in [-0.3, -0.25) is 15.6 Å². The Morgan fingerprint density at radius 3 is 2.67 bits per heavy atom. The molecule has 0 saturated carbocycles. The van der Waals surface area contributed by atoms with Crippen molar-refractivity contribution in [1.82, 2.24) is 10.4 Å². The molecule has 0 aromatic heterocycles. The van der Waals surface area contributed by atoms with E-state index >= 15 is 0 Å². The van der Waals surface area contributed by atoms with Crippen LogP contribution in [0.1, 0.15) is 12.8 Å². The Morgan fingerprint density at radius 1 is 1.28 bits per heavy atom. The zero-order valence-electron chi connectivity index (χ0n) is 10.4. The predicted octanol–water partition coefficient (Wildman–Crippen LogP) is 1.80. The molecule has 1 saturated heterocycles. The first-order valence-corrected chi connectivity index (χ1v) is 6.26. The molecule has 98 valence electrons. The average molecular weight is 249 g/mol. The maximum absolute atomic E-state index is 8.37. The molecular weight excluding hydrogens is 230 g/mol. The third-order valence-electron chi connectivity index (χ3n) is 2.98. The lowest BCUT2D eigenvalue weighted by atomic mass is 10.3. The van der Waals surface area contributed by atoms with Crippen LogP contribution in [-0.4, -0.2) is 42.7 Å². The molecule has 1 aromatic carbocycles. The molecule has 0 spiro atoms. The molecule has 1 heterocycles. The van der Waals surface area contributed by atoms with E-state index in [1.54, 1.807) is 0 Å². The summed E-state index contributed by atoms with van der Waals surface area (Å²) in [6.07, 6.45) is 3.85. The first kappa shape index (κ1) is 12.9. The van der Waals surface area contributed by atoms with Crippen molar-refractivity contribution >= 4 is 12.0 Å². The number of benzene rings is 1. The third-order valence-corrected chi connectivity index (χ3v) is 2.98. The summed E-state index contributed by atoms with van der Waals surface area (Å²) in [5, 5.41) is 8.37. The molecule has 0 aliphatic carbocycles. The Kier molecular flexibility index (Phi) is 4.99. The van der Waals surface area contributed by atoms with Gasteiger partial charge in [0.2, 0.25) is 0 Å². The van der Waals surface area contributed by atoms with Crippen LogP contribution in [0.3, 0.4) is 0 Å². The highest BCUT2D eigenvalue weighted by molar-refractivity contribution is 5.59. The quantitative estimate of drug-likeness (QED) is 0.458. The SMILES string of the molecule is ONC=Nc1ccc(OCCN2CCCC2)cc1. The van der Waals surface area contributed by atoms with E-state index in [-0.39, 0.29) is 0 Å². The molecule has 1 fully saturated rings. The number of hydroxylamine groups is 1. The average Bonchev–Trinajstić information content (AvgIpc) is 2.91. The van der Waals surface area contributed by atoms with Gasteiger partial charge in [0, 0.05) is 6.54 Å². The van der Waals surface area contributed by atoms with E-state index in [1.165, 1.54) is 32.3 Å². The molecule has 18 heavy (non-hydrogen) atoms. The van der Waals surface area contributed by atoms with Gasteiger partial charge in [-0.15, -0.1) is 0 Å². The Morgan fingerprint density at radius 2 is 2.00 bits per heavy atom. The molecule has 0 amide bonds. The van der Waals surface area contributed by atoms with E-state index in [2.05, 4.69) is 9.89 Å². The highest BCUT2D eigenvalue weighted by atomic mass is 16.5. The van der Waals surface area contributed by atoms with Crippen LogP contribution in [0.5, 0.6) is 5.75 Å². The van der Waals surface area contributed by atoms with Crippen LogP contribution in [0.25, 0.3) is 0 Å². The van der Waals surface area contributed by atoms with Gasteiger partial charge >= 0.3 is 0 Å². The van der Waals surface area contributed by atoms with Crippen LogP contribution in [0.15, 0.2) is 29.3 Å². The molecule has 0 atom stereocenters. The van der Waals surface area contributed by atoms with Crippen LogP contribution in [-0.2, 0) is 0 Å². The zero-order chi connectivity index (χ0) is 12.6. The van der Waals surface area contributed by atoms with Gasteiger partial charge in [-0.2, -0.15) is 0 Å². The third kappa shape index (κ3) is 4.01. The topological polar surface area (TPSA) is 57.1 Å². The van der Waals surface area contributed by atoms with Crippen LogP contribution in [0.2, 0.25) is 0 Å². The first-order chi connectivity index (χ1) is 8.88. The molecule has 1 aromatic rings. The van der Waals surface area contributed by atoms with Crippen molar-refractivity contribution in [3.05, 3.63) is 24.3 Å². The number of nitrogens with one attached hydrogen (secondary N) is 1. The minimum Gasteiger partial charge on any atom is -0.492 e. The largest absolute Gasteiger partial charge is 0.492 e. The summed E-state index contributed by atoms with van der Waals surface area (Å²) in [6, 6.07) is 7.46. The van der Waals surface area contributed by atoms with Gasteiger partial charge in [-0.05, 0) is 50.2 Å². The molecular formula is C13H19N3O2. The predicted molar refractivity (Wildman–Crippen MR) is 70.7 cm³/mol. The van der Waals surface area contributed by atoms with Crippen molar-refractivity contribution in [3.63, 3.8) is 0 Å². The summed E-state index contributed by atoms with van der Waals surface area (Å²) in [7, 11) is 0. The standard InChI is InChI=1S/C13H19N3O2/c17-15-11-14-12-3-5-13(6-4-12)18-10-9-16-7-1-2-8-16/h3-6,11,17H,1-2,7-10H2,(H,14,15). The van der Waals surface area contributed by atoms with Gasteiger partial charge in [-0.25, -0.2) is 4.99 Å². The van der Waals surface area contributed by atoms with Crippen LogP contribution < -0.4 is 10.2 Å². The Bertz CT molecular complexity index is 372. The minimum atomic E-state index is 0.723. The van der Waals surface area contributed by atoms with Gasteiger partial charge < -0.3 is 4.74 Å². The molecule has 0 bridgehead atoms. The van der Waals surface area contributed by atoms with Gasteiger partial charge in [0.1, 0.15) is 18.7 Å². The number of nitrogens with zero attached hydrogens (tertiary/aromatic N) is 2. The maximum Gasteiger partial charge on any atom is 0.119 e. The monoisotopic (exact) mass is 249 g/mol. The number of likely N-dealkylation sites (tertiary alicyclic amines) is 1. The summed E-state index contributed by atoms with van der Waals surface area (Å²) in [6.45, 7) is 4.12. The van der Waals surface area contributed by atoms with Crippen molar-refractivity contribution in [2.75, 3.05) is 26.2 Å². The van der Waals surface area contributed by atoms with Crippen LogP contribution in [0, 0.1) is 0 Å². The van der Waals surface area contributed by atoms with Crippen molar-refractivity contribution in [1.29, 1.82) is 0 Å². The Balaban J connectivity index is 1.73. The summed E-state index contributed by atoms with van der Waals surface area (Å²) >= 11 is 0. The van der Waals surface area contributed by atoms with Crippen molar-refractivity contribution in [2.45, 2.75) is 12.8 Å². The van der Waals surface area contributed by atoms with E-state index in [0.29, 0.717) is 0 Å². The number of hydrogen-bond donors (Lipinski definition) is 2. The maximum atomic E-state index is 8.37. The van der Waals surface area contributed by atoms with E-state index in [4.69, 9.17) is 9.94 Å². The van der Waals surface area contributed by atoms with Crippen molar-refractivity contribution < 1.29 is 9.94 Å². The number of aliphatic imine (C=N–C) groups is 1. The number of hydrogen-bond acceptors (Lipinski definition) is 4.